The van der Waals surface area contributed by atoms with Crippen LogP contribution < -0.4 is 0 Å². The van der Waals surface area contributed by atoms with Gasteiger partial charge in [-0.05, 0) is 32.9 Å². The number of nitrogens with zero attached hydrogens (tertiary/aromatic N) is 5. The van der Waals surface area contributed by atoms with Crippen molar-refractivity contribution >= 4 is 11.6 Å². The monoisotopic (exact) mass is 307 g/mol. The lowest BCUT2D eigenvalue weighted by atomic mass is 9.79. The molecule has 2 fully saturated rings. The summed E-state index contributed by atoms with van der Waals surface area (Å²) in [6.07, 6.45) is 5.88. The van der Waals surface area contributed by atoms with Gasteiger partial charge in [0.05, 0.1) is 4.92 Å². The molecule has 0 bridgehead atoms. The highest BCUT2D eigenvalue weighted by Gasteiger charge is 2.41. The Hall–Kier alpha value is -1.96. The Bertz CT molecular complexity index is 587. The standard InChI is InChI=1S/C14H21N5O3/c1-16-5-2-3-14(10-16)4-6-17(11-14)13(20)9-18-8-12(7-15-18)19(21)22/h7-8H,2-6,9-11H2,1H3/t14-/m1/s1. The Kier molecular flexibility index (Phi) is 3.86. The summed E-state index contributed by atoms with van der Waals surface area (Å²) in [5.41, 5.74) is 0.151. The van der Waals surface area contributed by atoms with Gasteiger partial charge in [0.15, 0.2) is 0 Å². The molecular formula is C14H21N5O3. The molecule has 3 rings (SSSR count). The number of rotatable bonds is 3. The molecule has 3 heterocycles. The third-order valence-corrected chi connectivity index (χ3v) is 4.77. The Balaban J connectivity index is 1.60. The van der Waals surface area contributed by atoms with Crippen LogP contribution in [0, 0.1) is 15.5 Å². The molecule has 1 amide bonds. The maximum atomic E-state index is 12.4. The molecular weight excluding hydrogens is 286 g/mol. The topological polar surface area (TPSA) is 84.5 Å². The number of piperidine rings is 1. The molecule has 120 valence electrons. The lowest BCUT2D eigenvalue weighted by molar-refractivity contribution is -0.385. The summed E-state index contributed by atoms with van der Waals surface area (Å²) < 4.78 is 1.35. The summed E-state index contributed by atoms with van der Waals surface area (Å²) in [5.74, 6) is -0.0110. The van der Waals surface area contributed by atoms with Gasteiger partial charge in [0.1, 0.15) is 18.9 Å². The van der Waals surface area contributed by atoms with E-state index in [0.717, 1.165) is 32.6 Å². The van der Waals surface area contributed by atoms with E-state index in [-0.39, 0.29) is 23.6 Å². The zero-order valence-electron chi connectivity index (χ0n) is 12.8. The minimum absolute atomic E-state index is 0.0110. The third-order valence-electron chi connectivity index (χ3n) is 4.77. The highest BCUT2D eigenvalue weighted by molar-refractivity contribution is 5.76. The van der Waals surface area contributed by atoms with Gasteiger partial charge in [-0.1, -0.05) is 0 Å². The minimum Gasteiger partial charge on any atom is -0.340 e. The van der Waals surface area contributed by atoms with Gasteiger partial charge >= 0.3 is 5.69 Å². The van der Waals surface area contributed by atoms with Crippen LogP contribution >= 0.6 is 0 Å². The molecule has 1 aromatic rings. The van der Waals surface area contributed by atoms with E-state index in [1.54, 1.807) is 0 Å². The summed E-state index contributed by atoms with van der Waals surface area (Å²) in [6.45, 7) is 3.81. The van der Waals surface area contributed by atoms with Crippen molar-refractivity contribution in [3.63, 3.8) is 0 Å². The van der Waals surface area contributed by atoms with E-state index < -0.39 is 4.92 Å². The van der Waals surface area contributed by atoms with Crippen molar-refractivity contribution in [3.8, 4) is 0 Å². The van der Waals surface area contributed by atoms with Crippen molar-refractivity contribution in [1.29, 1.82) is 0 Å². The SMILES string of the molecule is CN1CCC[C@@]2(CCN(C(=O)Cn3cc([N+](=O)[O-])cn3)C2)C1. The molecule has 2 aliphatic rings. The van der Waals surface area contributed by atoms with Crippen molar-refractivity contribution in [3.05, 3.63) is 22.5 Å². The Labute approximate surface area is 128 Å². The van der Waals surface area contributed by atoms with E-state index in [1.807, 2.05) is 4.90 Å². The summed E-state index contributed by atoms with van der Waals surface area (Å²) in [7, 11) is 2.13. The molecule has 1 atom stereocenters. The Morgan fingerprint density at radius 3 is 2.91 bits per heavy atom. The fourth-order valence-corrected chi connectivity index (χ4v) is 3.71. The molecule has 1 spiro atoms. The average molecular weight is 307 g/mol. The maximum absolute atomic E-state index is 12.4. The number of nitro groups is 1. The first kappa shape index (κ1) is 15.0. The summed E-state index contributed by atoms with van der Waals surface area (Å²) in [4.78, 5) is 26.7. The van der Waals surface area contributed by atoms with Gasteiger partial charge in [-0.2, -0.15) is 5.10 Å². The number of amides is 1. The molecule has 2 aliphatic heterocycles. The van der Waals surface area contributed by atoms with Gasteiger partial charge in [-0.15, -0.1) is 0 Å². The number of hydrogen-bond acceptors (Lipinski definition) is 5. The molecule has 22 heavy (non-hydrogen) atoms. The molecule has 8 nitrogen and oxygen atoms in total. The molecule has 0 radical (unpaired) electrons. The van der Waals surface area contributed by atoms with Crippen LogP contribution in [0.3, 0.4) is 0 Å². The van der Waals surface area contributed by atoms with Crippen molar-refractivity contribution in [2.24, 2.45) is 5.41 Å². The van der Waals surface area contributed by atoms with E-state index in [0.29, 0.717) is 0 Å². The number of carbonyl (C=O) groups is 1. The number of likely N-dealkylation sites (tertiary alicyclic amines) is 2. The van der Waals surface area contributed by atoms with Crippen molar-refractivity contribution in [1.82, 2.24) is 19.6 Å². The Morgan fingerprint density at radius 1 is 1.41 bits per heavy atom. The van der Waals surface area contributed by atoms with E-state index in [1.165, 1.54) is 29.9 Å². The zero-order chi connectivity index (χ0) is 15.7. The zero-order valence-corrected chi connectivity index (χ0v) is 12.8. The second-order valence-electron chi connectivity index (χ2n) is 6.56. The van der Waals surface area contributed by atoms with E-state index in [9.17, 15) is 14.9 Å². The number of aromatic nitrogens is 2. The lowest BCUT2D eigenvalue weighted by Crippen LogP contribution is -2.44. The molecule has 0 N–H and O–H groups in total. The molecule has 1 aromatic heterocycles. The van der Waals surface area contributed by atoms with Gasteiger partial charge < -0.3 is 9.80 Å². The average Bonchev–Trinajstić information content (AvgIpc) is 3.06. The van der Waals surface area contributed by atoms with Crippen molar-refractivity contribution in [2.75, 3.05) is 33.2 Å². The van der Waals surface area contributed by atoms with Crippen molar-refractivity contribution < 1.29 is 9.72 Å². The van der Waals surface area contributed by atoms with E-state index in [2.05, 4.69) is 17.0 Å². The quantitative estimate of drug-likeness (QED) is 0.607. The van der Waals surface area contributed by atoms with Gasteiger partial charge in [-0.25, -0.2) is 0 Å². The third kappa shape index (κ3) is 2.96. The number of carbonyl (C=O) groups excluding carboxylic acids is 1. The van der Waals surface area contributed by atoms with Crippen molar-refractivity contribution in [2.45, 2.75) is 25.8 Å². The van der Waals surface area contributed by atoms with Gasteiger partial charge in [0.25, 0.3) is 0 Å². The van der Waals surface area contributed by atoms with Crippen LogP contribution in [0.15, 0.2) is 12.4 Å². The first-order valence-corrected chi connectivity index (χ1v) is 7.61. The Morgan fingerprint density at radius 2 is 2.23 bits per heavy atom. The molecule has 0 aliphatic carbocycles. The minimum atomic E-state index is -0.503. The highest BCUT2D eigenvalue weighted by Crippen LogP contribution is 2.38. The van der Waals surface area contributed by atoms with Gasteiger partial charge in [-0.3, -0.25) is 19.6 Å². The highest BCUT2D eigenvalue weighted by atomic mass is 16.6. The predicted molar refractivity (Wildman–Crippen MR) is 79.2 cm³/mol. The molecule has 0 unspecified atom stereocenters. The van der Waals surface area contributed by atoms with Crippen LogP contribution in [-0.2, 0) is 11.3 Å². The summed E-state index contributed by atoms with van der Waals surface area (Å²) in [5, 5.41) is 14.5. The molecule has 0 aromatic carbocycles. The van der Waals surface area contributed by atoms with Gasteiger partial charge in [0.2, 0.25) is 5.91 Å². The van der Waals surface area contributed by atoms with Crippen LogP contribution in [0.5, 0.6) is 0 Å². The van der Waals surface area contributed by atoms with E-state index in [4.69, 9.17) is 0 Å². The lowest BCUT2D eigenvalue weighted by Gasteiger charge is -2.38. The second-order valence-corrected chi connectivity index (χ2v) is 6.56. The normalized spacial score (nSPS) is 25.8. The van der Waals surface area contributed by atoms with Crippen LogP contribution in [-0.4, -0.2) is 63.6 Å². The molecule has 8 heteroatoms. The fraction of sp³-hybridized carbons (Fsp3) is 0.714. The largest absolute Gasteiger partial charge is 0.340 e. The van der Waals surface area contributed by atoms with Crippen LogP contribution in [0.4, 0.5) is 5.69 Å². The first-order chi connectivity index (χ1) is 10.5. The van der Waals surface area contributed by atoms with Crippen LogP contribution in [0.1, 0.15) is 19.3 Å². The second kappa shape index (κ2) is 5.68. The predicted octanol–water partition coefficient (Wildman–Crippen LogP) is 0.736. The van der Waals surface area contributed by atoms with Crippen LogP contribution in [0.2, 0.25) is 0 Å². The summed E-state index contributed by atoms with van der Waals surface area (Å²) in [6, 6.07) is 0. The van der Waals surface area contributed by atoms with E-state index >= 15 is 0 Å². The number of hydrogen-bond donors (Lipinski definition) is 0. The maximum Gasteiger partial charge on any atom is 0.307 e. The van der Waals surface area contributed by atoms with Gasteiger partial charge in [0, 0.05) is 25.0 Å². The molecule has 2 saturated heterocycles. The first-order valence-electron chi connectivity index (χ1n) is 7.61. The fourth-order valence-electron chi connectivity index (χ4n) is 3.71. The summed E-state index contributed by atoms with van der Waals surface area (Å²) >= 11 is 0. The smallest absolute Gasteiger partial charge is 0.307 e. The van der Waals surface area contributed by atoms with Crippen LogP contribution in [0.25, 0.3) is 0 Å². The molecule has 0 saturated carbocycles.